The van der Waals surface area contributed by atoms with E-state index in [2.05, 4.69) is 20.8 Å². The summed E-state index contributed by atoms with van der Waals surface area (Å²) in [4.78, 5) is 68.2. The van der Waals surface area contributed by atoms with Crippen molar-refractivity contribution < 1.29 is 61.2 Å². The molecule has 67 heavy (non-hydrogen) atoms. The van der Waals surface area contributed by atoms with Crippen molar-refractivity contribution in [3.8, 4) is 0 Å². The minimum absolute atomic E-state index is 0. The number of hydrogen-bond donors (Lipinski definition) is 0. The van der Waals surface area contributed by atoms with Crippen LogP contribution in [0.4, 0.5) is 0 Å². The van der Waals surface area contributed by atoms with Gasteiger partial charge in [-0.05, 0) is 37.5 Å². The van der Waals surface area contributed by atoms with Crippen molar-refractivity contribution in [2.24, 2.45) is 17.8 Å². The zero-order valence-corrected chi connectivity index (χ0v) is 42.9. The standard InChI is InChI=1S/3C19H30O3.Fe/c3*1-2-3-4-5-6-7-8-9-10-11-13-16-14-12-15-17(18(16)20)19(21)22;/h3*12,14-16H,2-11,13H2,1H3,(H,21,22);/q;;;+3/p-3. The largest absolute Gasteiger partial charge is 3.00 e. The normalized spacial score (nSPS) is 17.3. The molecule has 0 heterocycles. The van der Waals surface area contributed by atoms with Crippen LogP contribution in [0, 0.1) is 17.8 Å². The van der Waals surface area contributed by atoms with E-state index in [-0.39, 0.29) is 68.9 Å². The first-order valence-corrected chi connectivity index (χ1v) is 26.4. The quantitative estimate of drug-likeness (QED) is 0.0336. The molecule has 0 aromatic rings. The zero-order valence-electron chi connectivity index (χ0n) is 41.8. The SMILES string of the molecule is CCCCCCCCCCCCC1C=CC=C(C(=O)[O-])C1=O.CCCCCCCCCCCCC1C=CC=C(C(=O)[O-])C1=O.CCCCCCCCCCCCC1C=CC=C(C(=O)[O-])C1=O.[Fe+3]. The minimum atomic E-state index is -1.36. The molecule has 1 radical (unpaired) electrons. The number of rotatable bonds is 36. The van der Waals surface area contributed by atoms with E-state index >= 15 is 0 Å². The monoisotopic (exact) mass is 972 g/mol. The summed E-state index contributed by atoms with van der Waals surface area (Å²) < 4.78 is 0. The number of carbonyl (C=O) groups is 6. The number of allylic oxidation sites excluding steroid dienone is 9. The van der Waals surface area contributed by atoms with Gasteiger partial charge in [0.2, 0.25) is 0 Å². The average molecular weight is 972 g/mol. The first kappa shape index (κ1) is 63.4. The Morgan fingerprint density at radius 2 is 0.522 bits per heavy atom. The van der Waals surface area contributed by atoms with Crippen LogP contribution in [0.1, 0.15) is 233 Å². The second-order valence-electron chi connectivity index (χ2n) is 18.6. The molecule has 377 valence electrons. The van der Waals surface area contributed by atoms with Gasteiger partial charge in [-0.3, -0.25) is 14.4 Å². The molecule has 0 N–H and O–H groups in total. The molecule has 0 aliphatic heterocycles. The van der Waals surface area contributed by atoms with Gasteiger partial charge >= 0.3 is 17.1 Å². The number of Topliss-reactive ketones (excluding diaryl/α,β-unsaturated/α-hetero) is 3. The first-order valence-electron chi connectivity index (χ1n) is 26.4. The van der Waals surface area contributed by atoms with Gasteiger partial charge in [0.05, 0.1) is 17.9 Å². The molecule has 0 fully saturated rings. The van der Waals surface area contributed by atoms with Gasteiger partial charge in [-0.25, -0.2) is 0 Å². The fourth-order valence-corrected chi connectivity index (χ4v) is 8.71. The number of unbranched alkanes of at least 4 members (excludes halogenated alkanes) is 27. The van der Waals surface area contributed by atoms with Crippen LogP contribution in [0.15, 0.2) is 71.4 Å². The summed E-state index contributed by atoms with van der Waals surface area (Å²) in [6, 6.07) is 0. The van der Waals surface area contributed by atoms with Crippen LogP contribution >= 0.6 is 0 Å². The fourth-order valence-electron chi connectivity index (χ4n) is 8.71. The Morgan fingerprint density at radius 1 is 0.343 bits per heavy atom. The summed E-state index contributed by atoms with van der Waals surface area (Å²) in [6.07, 6.45) is 54.4. The maximum Gasteiger partial charge on any atom is 3.00 e. The molecule has 0 aromatic carbocycles. The minimum Gasteiger partial charge on any atom is -0.545 e. The summed E-state index contributed by atoms with van der Waals surface area (Å²) in [5, 5.41) is 32.5. The molecule has 0 amide bonds. The van der Waals surface area contributed by atoms with Crippen LogP contribution in [-0.2, 0) is 45.8 Å². The molecule has 0 aromatic heterocycles. The van der Waals surface area contributed by atoms with Crippen molar-refractivity contribution in [2.75, 3.05) is 0 Å². The maximum absolute atomic E-state index is 11.9. The number of carbonyl (C=O) groups excluding carboxylic acids is 6. The molecule has 3 rings (SSSR count). The maximum atomic E-state index is 11.9. The Morgan fingerprint density at radius 3 is 0.701 bits per heavy atom. The van der Waals surface area contributed by atoms with Crippen molar-refractivity contribution in [1.82, 2.24) is 0 Å². The Bertz CT molecular complexity index is 1410. The van der Waals surface area contributed by atoms with Crippen molar-refractivity contribution in [2.45, 2.75) is 233 Å². The third-order valence-electron chi connectivity index (χ3n) is 12.9. The van der Waals surface area contributed by atoms with Gasteiger partial charge in [-0.15, -0.1) is 0 Å². The number of carboxylic acids is 3. The Hall–Kier alpha value is -3.62. The molecule has 10 heteroatoms. The summed E-state index contributed by atoms with van der Waals surface area (Å²) in [7, 11) is 0. The average Bonchev–Trinajstić information content (AvgIpc) is 3.30. The van der Waals surface area contributed by atoms with E-state index in [1.807, 2.05) is 18.2 Å². The van der Waals surface area contributed by atoms with Crippen LogP contribution < -0.4 is 15.3 Å². The van der Waals surface area contributed by atoms with Gasteiger partial charge in [0.15, 0.2) is 17.3 Å². The topological polar surface area (TPSA) is 172 Å². The molecule has 0 spiro atoms. The van der Waals surface area contributed by atoms with Crippen molar-refractivity contribution in [1.29, 1.82) is 0 Å². The summed E-state index contributed by atoms with van der Waals surface area (Å²) in [5.41, 5.74) is -0.543. The zero-order chi connectivity index (χ0) is 48.6. The van der Waals surface area contributed by atoms with Crippen molar-refractivity contribution in [3.63, 3.8) is 0 Å². The van der Waals surface area contributed by atoms with Crippen LogP contribution in [0.2, 0.25) is 0 Å². The summed E-state index contributed by atoms with van der Waals surface area (Å²) >= 11 is 0. The molecule has 3 aliphatic rings. The van der Waals surface area contributed by atoms with Gasteiger partial charge in [0.25, 0.3) is 0 Å². The molecule has 0 bridgehead atoms. The Kier molecular flexibility index (Phi) is 40.2. The second-order valence-corrected chi connectivity index (χ2v) is 18.6. The summed E-state index contributed by atoms with van der Waals surface area (Å²) in [5.74, 6) is -5.77. The van der Waals surface area contributed by atoms with Gasteiger partial charge in [0.1, 0.15) is 0 Å². The first-order chi connectivity index (χ1) is 32.0. The molecule has 9 nitrogen and oxygen atoms in total. The Balaban J connectivity index is 0.000000968. The van der Waals surface area contributed by atoms with E-state index < -0.39 is 17.9 Å². The molecule has 3 unspecified atom stereocenters. The van der Waals surface area contributed by atoms with Gasteiger partial charge in [-0.1, -0.05) is 250 Å². The molecule has 3 atom stereocenters. The molecule has 0 saturated heterocycles. The van der Waals surface area contributed by atoms with Crippen LogP contribution in [0.3, 0.4) is 0 Å². The summed E-state index contributed by atoms with van der Waals surface area (Å²) in [6.45, 7) is 6.70. The predicted octanol–water partition coefficient (Wildman–Crippen LogP) is 11.2. The van der Waals surface area contributed by atoms with Crippen molar-refractivity contribution in [3.05, 3.63) is 71.4 Å². The van der Waals surface area contributed by atoms with E-state index in [0.717, 1.165) is 57.8 Å². The molecular weight excluding hydrogens is 884 g/mol. The van der Waals surface area contributed by atoms with Crippen LogP contribution in [0.25, 0.3) is 0 Å². The Labute approximate surface area is 416 Å². The molecule has 0 saturated carbocycles. The second kappa shape index (κ2) is 42.5. The van der Waals surface area contributed by atoms with E-state index in [0.29, 0.717) is 0 Å². The number of hydrogen-bond acceptors (Lipinski definition) is 9. The van der Waals surface area contributed by atoms with E-state index in [9.17, 15) is 44.1 Å². The number of carboxylic acid groups (broad SMARTS) is 3. The van der Waals surface area contributed by atoms with E-state index in [4.69, 9.17) is 0 Å². The van der Waals surface area contributed by atoms with Gasteiger partial charge in [-0.2, -0.15) is 0 Å². The third kappa shape index (κ3) is 30.5. The van der Waals surface area contributed by atoms with Gasteiger partial charge in [0, 0.05) is 34.5 Å². The molecule has 3 aliphatic carbocycles. The third-order valence-corrected chi connectivity index (χ3v) is 12.9. The van der Waals surface area contributed by atoms with E-state index in [1.165, 1.54) is 172 Å². The smallest absolute Gasteiger partial charge is 0.545 e. The van der Waals surface area contributed by atoms with E-state index in [1.54, 1.807) is 18.2 Å². The predicted molar refractivity (Wildman–Crippen MR) is 262 cm³/mol. The number of aliphatic carboxylic acids is 3. The van der Waals surface area contributed by atoms with Crippen LogP contribution in [0.5, 0.6) is 0 Å². The number of ketones is 3. The van der Waals surface area contributed by atoms with Gasteiger partial charge < -0.3 is 29.7 Å². The fraction of sp³-hybridized carbons (Fsp3) is 0.684. The molecular formula is C57H87FeO9. The van der Waals surface area contributed by atoms with Crippen LogP contribution in [-0.4, -0.2) is 35.3 Å². The van der Waals surface area contributed by atoms with Crippen molar-refractivity contribution >= 4 is 35.3 Å².